The summed E-state index contributed by atoms with van der Waals surface area (Å²) >= 11 is 0. The molecule has 5 N–H and O–H groups in total. The van der Waals surface area contributed by atoms with Crippen LogP contribution in [0.2, 0.25) is 0 Å². The Balaban J connectivity index is 0.000000189. The van der Waals surface area contributed by atoms with Crippen LogP contribution in [0.4, 0.5) is 4.79 Å². The average Bonchev–Trinajstić information content (AvgIpc) is 4.01. The van der Waals surface area contributed by atoms with Crippen LogP contribution in [0.25, 0.3) is 43.9 Å². The molecule has 15 heteroatoms. The van der Waals surface area contributed by atoms with Crippen LogP contribution in [0.1, 0.15) is 104 Å². The zero-order chi connectivity index (χ0) is 43.1. The number of benzene rings is 2. The smallest absolute Gasteiger partial charge is 0.434 e. The van der Waals surface area contributed by atoms with E-state index >= 15 is 0 Å². The highest BCUT2D eigenvalue weighted by Crippen LogP contribution is 2.28. The van der Waals surface area contributed by atoms with E-state index < -0.39 is 11.7 Å². The van der Waals surface area contributed by atoms with E-state index in [2.05, 4.69) is 46.9 Å². The zero-order valence-corrected chi connectivity index (χ0v) is 36.1. The van der Waals surface area contributed by atoms with E-state index in [1.807, 2.05) is 85.6 Å². The third-order valence-corrected chi connectivity index (χ3v) is 11.7. The van der Waals surface area contributed by atoms with E-state index in [9.17, 15) is 14.4 Å². The highest BCUT2D eigenvalue weighted by atomic mass is 16.6. The summed E-state index contributed by atoms with van der Waals surface area (Å²) in [7, 11) is 0. The quantitative estimate of drug-likeness (QED) is 0.0483. The molecule has 1 amide bonds. The number of nitrogens with zero attached hydrogens (tertiary/aromatic N) is 7. The number of amidine groups is 1. The molecule has 2 aliphatic heterocycles. The van der Waals surface area contributed by atoms with Crippen molar-refractivity contribution < 1.29 is 9.53 Å². The molecule has 2 fully saturated rings. The first-order valence-corrected chi connectivity index (χ1v) is 21.9. The summed E-state index contributed by atoms with van der Waals surface area (Å²) in [5.41, 5.74) is 8.65. The fraction of sp³-hybridized carbons (Fsp3) is 0.500. The van der Waals surface area contributed by atoms with Crippen molar-refractivity contribution in [2.45, 2.75) is 110 Å². The van der Waals surface area contributed by atoms with Crippen molar-refractivity contribution in [3.05, 3.63) is 81.9 Å². The maximum atomic E-state index is 12.7. The summed E-state index contributed by atoms with van der Waals surface area (Å²) in [6.45, 7) is 13.2. The van der Waals surface area contributed by atoms with Gasteiger partial charge >= 0.3 is 17.5 Å². The molecule has 2 saturated heterocycles. The Labute approximate surface area is 355 Å². The van der Waals surface area contributed by atoms with E-state index in [0.29, 0.717) is 17.7 Å². The maximum absolute atomic E-state index is 12.7. The average molecular weight is 832 g/mol. The fourth-order valence-corrected chi connectivity index (χ4v) is 8.66. The molecule has 61 heavy (non-hydrogen) atoms. The molecule has 324 valence electrons. The summed E-state index contributed by atoms with van der Waals surface area (Å²) < 4.78 is 8.87. The highest BCUT2D eigenvalue weighted by Gasteiger charge is 2.26. The SMILES string of the molecule is CC(CCCCCN1CCC(n2cc3c(nc2=O)[nH]c2ccccc23)C1)=NC(=O)OC(C)(C)C.N=C(N)CCCCCN1CCC(n2cc3c(nc2=O)[nH]c2ccccc23)C1. The number of hydrogen-bond acceptors (Lipinski definition) is 9. The Morgan fingerprint density at radius 1 is 0.754 bits per heavy atom. The van der Waals surface area contributed by atoms with E-state index in [0.717, 1.165) is 135 Å². The molecule has 2 aliphatic rings. The van der Waals surface area contributed by atoms with Gasteiger partial charge in [-0.15, -0.1) is 0 Å². The van der Waals surface area contributed by atoms with Crippen molar-refractivity contribution in [2.24, 2.45) is 10.7 Å². The monoisotopic (exact) mass is 831 g/mol. The molecule has 0 radical (unpaired) electrons. The molecule has 0 spiro atoms. The number of ether oxygens (including phenoxy) is 1. The van der Waals surface area contributed by atoms with Crippen LogP contribution in [0.3, 0.4) is 0 Å². The minimum Gasteiger partial charge on any atom is -0.442 e. The number of fused-ring (bicyclic) bond motifs is 6. The highest BCUT2D eigenvalue weighted by molar-refractivity contribution is 6.06. The van der Waals surface area contributed by atoms with Crippen LogP contribution in [0.5, 0.6) is 0 Å². The number of para-hydroxylation sites is 2. The van der Waals surface area contributed by atoms with Gasteiger partial charge in [-0.25, -0.2) is 14.4 Å². The number of nitrogens with two attached hydrogens (primary N) is 1. The first kappa shape index (κ1) is 43.4. The second-order valence-electron chi connectivity index (χ2n) is 17.7. The summed E-state index contributed by atoms with van der Waals surface area (Å²) in [6.07, 6.45) is 13.2. The number of carbonyl (C=O) groups is 1. The number of H-pyrrole nitrogens is 2. The molecule has 4 aromatic heterocycles. The van der Waals surface area contributed by atoms with Gasteiger partial charge in [0.2, 0.25) is 0 Å². The number of nitrogens with one attached hydrogen (secondary N) is 3. The number of amides is 1. The molecule has 6 heterocycles. The molecule has 2 atom stereocenters. The van der Waals surface area contributed by atoms with E-state index in [1.165, 1.54) is 0 Å². The fourth-order valence-electron chi connectivity index (χ4n) is 8.66. The Kier molecular flexibility index (Phi) is 13.8. The molecule has 8 rings (SSSR count). The van der Waals surface area contributed by atoms with Gasteiger partial charge in [-0.1, -0.05) is 49.2 Å². The summed E-state index contributed by atoms with van der Waals surface area (Å²) in [5.74, 6) is 0.274. The summed E-state index contributed by atoms with van der Waals surface area (Å²) in [6, 6.07) is 16.5. The Bertz CT molecular complexity index is 2630. The van der Waals surface area contributed by atoms with Crippen LogP contribution in [0.15, 0.2) is 75.5 Å². The third kappa shape index (κ3) is 11.2. The molecule has 2 unspecified atom stereocenters. The minimum absolute atomic E-state index is 0.154. The zero-order valence-electron chi connectivity index (χ0n) is 36.1. The second-order valence-corrected chi connectivity index (χ2v) is 17.7. The number of unbranched alkanes of at least 4 members (excludes halogenated alkanes) is 4. The van der Waals surface area contributed by atoms with Crippen LogP contribution >= 0.6 is 0 Å². The van der Waals surface area contributed by atoms with E-state index in [-0.39, 0.29) is 29.3 Å². The van der Waals surface area contributed by atoms with Crippen molar-refractivity contribution in [2.75, 3.05) is 39.3 Å². The van der Waals surface area contributed by atoms with Gasteiger partial charge in [-0.05, 0) is 97.9 Å². The van der Waals surface area contributed by atoms with E-state index in [4.69, 9.17) is 15.9 Å². The van der Waals surface area contributed by atoms with Gasteiger partial charge < -0.3 is 30.2 Å². The number of aromatic nitrogens is 6. The number of carbonyl (C=O) groups excluding carboxylic acids is 1. The van der Waals surface area contributed by atoms with Crippen molar-refractivity contribution >= 4 is 61.5 Å². The predicted molar refractivity (Wildman–Crippen MR) is 244 cm³/mol. The number of hydrogen-bond donors (Lipinski definition) is 4. The Morgan fingerprint density at radius 2 is 1.23 bits per heavy atom. The summed E-state index contributed by atoms with van der Waals surface area (Å²) in [4.78, 5) is 61.0. The molecule has 0 bridgehead atoms. The lowest BCUT2D eigenvalue weighted by atomic mass is 10.1. The van der Waals surface area contributed by atoms with Crippen LogP contribution < -0.4 is 17.1 Å². The van der Waals surface area contributed by atoms with Crippen molar-refractivity contribution in [1.29, 1.82) is 5.41 Å². The third-order valence-electron chi connectivity index (χ3n) is 11.7. The number of aliphatic imine (C=N–C) groups is 1. The first-order chi connectivity index (χ1) is 29.3. The second kappa shape index (κ2) is 19.4. The number of rotatable bonds is 14. The molecular formula is C46H61N11O4. The van der Waals surface area contributed by atoms with Crippen molar-refractivity contribution in [3.63, 3.8) is 0 Å². The standard InChI is InChI=1S/C26H35N5O3.C20H26N6O/c1-18(27-25(33)34-26(2,3)4)10-6-5-9-14-30-15-13-19(16-30)31-17-21-20-11-7-8-12-22(20)28-23(21)29-24(31)32;21-18(22)8-2-1-5-10-25-11-9-14(12-25)26-13-16-15-6-3-4-7-17(15)23-19(16)24-20(26)27/h7-8,11-12,17,19H,5-6,9-10,13-16H2,1-4H3,(H,28,29,32);3-4,6-7,13-14H,1-2,5,8-12H2,(H3,21,22)(H,23,24,27). The van der Waals surface area contributed by atoms with Crippen molar-refractivity contribution in [1.82, 2.24) is 38.9 Å². The summed E-state index contributed by atoms with van der Waals surface area (Å²) in [5, 5.41) is 11.5. The van der Waals surface area contributed by atoms with Gasteiger partial charge in [0.05, 0.1) is 17.9 Å². The predicted octanol–water partition coefficient (Wildman–Crippen LogP) is 7.70. The molecule has 0 saturated carbocycles. The Morgan fingerprint density at radius 3 is 1.70 bits per heavy atom. The lowest BCUT2D eigenvalue weighted by Crippen LogP contribution is -2.29. The van der Waals surface area contributed by atoms with Crippen LogP contribution in [0, 0.1) is 5.41 Å². The number of likely N-dealkylation sites (tertiary alicyclic amines) is 2. The Hall–Kier alpha value is -5.67. The lowest BCUT2D eigenvalue weighted by Gasteiger charge is -2.17. The van der Waals surface area contributed by atoms with Crippen LogP contribution in [-0.2, 0) is 4.74 Å². The van der Waals surface area contributed by atoms with Gasteiger partial charge in [0.15, 0.2) is 0 Å². The molecule has 6 aromatic rings. The van der Waals surface area contributed by atoms with Gasteiger partial charge in [-0.3, -0.25) is 14.5 Å². The van der Waals surface area contributed by atoms with Gasteiger partial charge in [-0.2, -0.15) is 15.0 Å². The van der Waals surface area contributed by atoms with E-state index in [1.54, 1.807) is 0 Å². The van der Waals surface area contributed by atoms with Crippen molar-refractivity contribution in [3.8, 4) is 0 Å². The van der Waals surface area contributed by atoms with Gasteiger partial charge in [0.1, 0.15) is 16.9 Å². The minimum atomic E-state index is -0.517. The normalized spacial score (nSPS) is 17.7. The van der Waals surface area contributed by atoms with Gasteiger partial charge in [0, 0.05) is 83.3 Å². The molecular weight excluding hydrogens is 771 g/mol. The van der Waals surface area contributed by atoms with Gasteiger partial charge in [0.25, 0.3) is 0 Å². The number of aromatic amines is 2. The first-order valence-electron chi connectivity index (χ1n) is 21.9. The molecule has 0 aliphatic carbocycles. The lowest BCUT2D eigenvalue weighted by molar-refractivity contribution is 0.0604. The molecule has 15 nitrogen and oxygen atoms in total. The largest absolute Gasteiger partial charge is 0.442 e. The maximum Gasteiger partial charge on any atom is 0.434 e. The topological polar surface area (TPSA) is 196 Å². The molecule has 2 aromatic carbocycles. The van der Waals surface area contributed by atoms with Crippen LogP contribution in [-0.4, -0.2) is 101 Å².